The standard InChI is InChI=1S/C8H16N2/c1-8-3-7(9)6(8)4-10(2)5-8/h6-7H,3-5,9H2,1-2H3/t6?,7-,8-/m1/s1. The largest absolute Gasteiger partial charge is 0.327 e. The van der Waals surface area contributed by atoms with Gasteiger partial charge in [-0.3, -0.25) is 0 Å². The summed E-state index contributed by atoms with van der Waals surface area (Å²) in [6, 6.07) is 0.495. The number of hydrogen-bond acceptors (Lipinski definition) is 2. The van der Waals surface area contributed by atoms with Crippen LogP contribution in [0.3, 0.4) is 0 Å². The second-order valence-electron chi connectivity index (χ2n) is 4.33. The lowest BCUT2D eigenvalue weighted by atomic mass is 9.60. The van der Waals surface area contributed by atoms with Crippen LogP contribution in [0, 0.1) is 11.3 Å². The Kier molecular flexibility index (Phi) is 1.15. The van der Waals surface area contributed by atoms with Gasteiger partial charge >= 0.3 is 0 Å². The zero-order valence-corrected chi connectivity index (χ0v) is 6.80. The summed E-state index contributed by atoms with van der Waals surface area (Å²) in [5.41, 5.74) is 6.46. The van der Waals surface area contributed by atoms with Gasteiger partial charge in [0.1, 0.15) is 0 Å². The van der Waals surface area contributed by atoms with Crippen molar-refractivity contribution in [3.05, 3.63) is 0 Å². The number of hydrogen-bond donors (Lipinski definition) is 1. The number of nitrogens with zero attached hydrogens (tertiary/aromatic N) is 1. The molecular formula is C8H16N2. The Bertz CT molecular complexity index is 157. The molecule has 2 aliphatic rings. The normalized spacial score (nSPS) is 54.3. The van der Waals surface area contributed by atoms with Crippen LogP contribution in [-0.4, -0.2) is 31.1 Å². The summed E-state index contributed by atoms with van der Waals surface area (Å²) in [6.07, 6.45) is 1.24. The lowest BCUT2D eigenvalue weighted by molar-refractivity contribution is 0.0761. The molecule has 2 heteroatoms. The highest BCUT2D eigenvalue weighted by Gasteiger charge is 2.53. The monoisotopic (exact) mass is 140 g/mol. The molecular weight excluding hydrogens is 124 g/mol. The molecule has 0 amide bonds. The molecule has 1 aliphatic heterocycles. The molecule has 2 N–H and O–H groups in total. The van der Waals surface area contributed by atoms with E-state index in [1.807, 2.05) is 0 Å². The Morgan fingerprint density at radius 1 is 1.60 bits per heavy atom. The van der Waals surface area contributed by atoms with Gasteiger partial charge in [-0.1, -0.05) is 6.92 Å². The molecule has 0 aromatic rings. The van der Waals surface area contributed by atoms with Gasteiger partial charge in [0.2, 0.25) is 0 Å². The van der Waals surface area contributed by atoms with Crippen molar-refractivity contribution in [2.45, 2.75) is 19.4 Å². The highest BCUT2D eigenvalue weighted by atomic mass is 15.2. The fourth-order valence-electron chi connectivity index (χ4n) is 2.74. The van der Waals surface area contributed by atoms with Crippen LogP contribution >= 0.6 is 0 Å². The predicted molar refractivity (Wildman–Crippen MR) is 41.7 cm³/mol. The third-order valence-corrected chi connectivity index (χ3v) is 3.25. The third kappa shape index (κ3) is 0.663. The SMILES string of the molecule is CN1CC2[C@H](N)C[C@]2(C)C1. The van der Waals surface area contributed by atoms with Crippen molar-refractivity contribution >= 4 is 0 Å². The van der Waals surface area contributed by atoms with Crippen LogP contribution < -0.4 is 5.73 Å². The Morgan fingerprint density at radius 2 is 2.30 bits per heavy atom. The number of rotatable bonds is 0. The van der Waals surface area contributed by atoms with E-state index in [2.05, 4.69) is 18.9 Å². The molecule has 0 aromatic carbocycles. The zero-order valence-electron chi connectivity index (χ0n) is 6.80. The second-order valence-corrected chi connectivity index (χ2v) is 4.33. The van der Waals surface area contributed by atoms with Gasteiger partial charge in [-0.05, 0) is 24.8 Å². The van der Waals surface area contributed by atoms with Crippen molar-refractivity contribution in [2.75, 3.05) is 20.1 Å². The van der Waals surface area contributed by atoms with Gasteiger partial charge in [0, 0.05) is 19.1 Å². The van der Waals surface area contributed by atoms with Gasteiger partial charge in [-0.2, -0.15) is 0 Å². The molecule has 1 saturated heterocycles. The van der Waals surface area contributed by atoms with Crippen molar-refractivity contribution in [1.82, 2.24) is 4.90 Å². The zero-order chi connectivity index (χ0) is 7.35. The topological polar surface area (TPSA) is 29.3 Å². The Labute approximate surface area is 62.4 Å². The number of nitrogens with two attached hydrogens (primary N) is 1. The van der Waals surface area contributed by atoms with Crippen molar-refractivity contribution < 1.29 is 0 Å². The number of likely N-dealkylation sites (tertiary alicyclic amines) is 1. The average molecular weight is 140 g/mol. The van der Waals surface area contributed by atoms with Gasteiger partial charge in [0.05, 0.1) is 0 Å². The average Bonchev–Trinajstić information content (AvgIpc) is 2.03. The molecule has 10 heavy (non-hydrogen) atoms. The van der Waals surface area contributed by atoms with Crippen LogP contribution in [0.25, 0.3) is 0 Å². The molecule has 1 aliphatic carbocycles. The van der Waals surface area contributed by atoms with Crippen LogP contribution in [0.4, 0.5) is 0 Å². The maximum absolute atomic E-state index is 5.88. The molecule has 2 fully saturated rings. The number of fused-ring (bicyclic) bond motifs is 1. The molecule has 0 aromatic heterocycles. The molecule has 1 unspecified atom stereocenters. The van der Waals surface area contributed by atoms with E-state index in [4.69, 9.17) is 5.73 Å². The van der Waals surface area contributed by atoms with Crippen molar-refractivity contribution in [3.8, 4) is 0 Å². The van der Waals surface area contributed by atoms with E-state index >= 15 is 0 Å². The fourth-order valence-corrected chi connectivity index (χ4v) is 2.74. The van der Waals surface area contributed by atoms with E-state index in [0.29, 0.717) is 11.5 Å². The van der Waals surface area contributed by atoms with Gasteiger partial charge in [-0.15, -0.1) is 0 Å². The smallest absolute Gasteiger partial charge is 0.00908 e. The minimum Gasteiger partial charge on any atom is -0.327 e. The molecule has 0 radical (unpaired) electrons. The molecule has 2 rings (SSSR count). The van der Waals surface area contributed by atoms with Gasteiger partial charge in [0.25, 0.3) is 0 Å². The van der Waals surface area contributed by atoms with E-state index in [0.717, 1.165) is 5.92 Å². The maximum Gasteiger partial charge on any atom is 0.00908 e. The molecule has 0 bridgehead atoms. The van der Waals surface area contributed by atoms with Crippen LogP contribution in [0.1, 0.15) is 13.3 Å². The van der Waals surface area contributed by atoms with E-state index in [-0.39, 0.29) is 0 Å². The van der Waals surface area contributed by atoms with Gasteiger partial charge in [0.15, 0.2) is 0 Å². The van der Waals surface area contributed by atoms with Crippen molar-refractivity contribution in [2.24, 2.45) is 17.1 Å². The lowest BCUT2D eigenvalue weighted by Crippen LogP contribution is -2.53. The van der Waals surface area contributed by atoms with Crippen LogP contribution in [0.5, 0.6) is 0 Å². The summed E-state index contributed by atoms with van der Waals surface area (Å²) in [5.74, 6) is 0.789. The fraction of sp³-hybridized carbons (Fsp3) is 1.00. The molecule has 0 spiro atoms. The predicted octanol–water partition coefficient (Wildman–Crippen LogP) is 0.285. The van der Waals surface area contributed by atoms with Crippen LogP contribution in [0.2, 0.25) is 0 Å². The quantitative estimate of drug-likeness (QED) is 0.524. The van der Waals surface area contributed by atoms with E-state index in [9.17, 15) is 0 Å². The first-order valence-electron chi connectivity index (χ1n) is 4.06. The second kappa shape index (κ2) is 1.74. The van der Waals surface area contributed by atoms with Gasteiger partial charge < -0.3 is 10.6 Å². The first kappa shape index (κ1) is 6.62. The van der Waals surface area contributed by atoms with Crippen LogP contribution in [-0.2, 0) is 0 Å². The summed E-state index contributed by atoms with van der Waals surface area (Å²) in [7, 11) is 2.19. The summed E-state index contributed by atoms with van der Waals surface area (Å²) in [4.78, 5) is 2.40. The van der Waals surface area contributed by atoms with E-state index in [1.165, 1.54) is 19.5 Å². The Balaban J connectivity index is 2.12. The first-order valence-corrected chi connectivity index (χ1v) is 4.06. The third-order valence-electron chi connectivity index (χ3n) is 3.25. The minimum absolute atomic E-state index is 0.495. The Morgan fingerprint density at radius 3 is 2.70 bits per heavy atom. The van der Waals surface area contributed by atoms with Crippen molar-refractivity contribution in [3.63, 3.8) is 0 Å². The molecule has 2 nitrogen and oxygen atoms in total. The highest BCUT2D eigenvalue weighted by molar-refractivity contribution is 5.07. The Hall–Kier alpha value is -0.0800. The summed E-state index contributed by atoms with van der Waals surface area (Å²) < 4.78 is 0. The molecule has 1 saturated carbocycles. The lowest BCUT2D eigenvalue weighted by Gasteiger charge is -2.46. The maximum atomic E-state index is 5.88. The first-order chi connectivity index (χ1) is 4.62. The van der Waals surface area contributed by atoms with Crippen LogP contribution in [0.15, 0.2) is 0 Å². The van der Waals surface area contributed by atoms with Gasteiger partial charge in [-0.25, -0.2) is 0 Å². The van der Waals surface area contributed by atoms with Crippen molar-refractivity contribution in [1.29, 1.82) is 0 Å². The molecule has 58 valence electrons. The molecule has 1 heterocycles. The minimum atomic E-state index is 0.495. The summed E-state index contributed by atoms with van der Waals surface area (Å²) >= 11 is 0. The molecule has 3 atom stereocenters. The van der Waals surface area contributed by atoms with E-state index in [1.54, 1.807) is 0 Å². The summed E-state index contributed by atoms with van der Waals surface area (Å²) in [5, 5.41) is 0. The highest BCUT2D eigenvalue weighted by Crippen LogP contribution is 2.50. The van der Waals surface area contributed by atoms with E-state index < -0.39 is 0 Å². The summed E-state index contributed by atoms with van der Waals surface area (Å²) in [6.45, 7) is 4.84.